The lowest BCUT2D eigenvalue weighted by molar-refractivity contribution is 0.102. The Morgan fingerprint density at radius 3 is 3.10 bits per heavy atom. The molecule has 21 heavy (non-hydrogen) atoms. The number of fused-ring (bicyclic) bond motifs is 1. The maximum atomic E-state index is 12.1. The molecule has 0 unspecified atom stereocenters. The number of aromatic nitrogens is 7. The lowest BCUT2D eigenvalue weighted by Crippen LogP contribution is -2.14. The molecule has 0 aliphatic rings. The van der Waals surface area contributed by atoms with E-state index in [1.165, 1.54) is 4.52 Å². The van der Waals surface area contributed by atoms with Crippen molar-refractivity contribution in [3.05, 3.63) is 29.7 Å². The van der Waals surface area contributed by atoms with E-state index < -0.39 is 0 Å². The Bertz CT molecular complexity index is 774. The fourth-order valence-corrected chi connectivity index (χ4v) is 1.88. The van der Waals surface area contributed by atoms with Gasteiger partial charge in [0.05, 0.1) is 5.56 Å². The average molecular weight is 286 g/mol. The van der Waals surface area contributed by atoms with Gasteiger partial charge in [-0.2, -0.15) is 9.50 Å². The number of amides is 1. The molecule has 0 saturated carbocycles. The normalized spacial score (nSPS) is 11.2. The highest BCUT2D eigenvalue weighted by atomic mass is 16.1. The van der Waals surface area contributed by atoms with Crippen molar-refractivity contribution in [3.8, 4) is 0 Å². The van der Waals surface area contributed by atoms with Crippen LogP contribution in [0.1, 0.15) is 30.0 Å². The minimum Gasteiger partial charge on any atom is -0.289 e. The smallest absolute Gasteiger partial charge is 0.259 e. The topological polar surface area (TPSA) is 114 Å². The number of rotatable bonds is 4. The van der Waals surface area contributed by atoms with Gasteiger partial charge in [0.25, 0.3) is 5.91 Å². The van der Waals surface area contributed by atoms with Crippen LogP contribution in [0, 0.1) is 5.92 Å². The van der Waals surface area contributed by atoms with Gasteiger partial charge < -0.3 is 0 Å². The van der Waals surface area contributed by atoms with Crippen LogP contribution < -0.4 is 5.32 Å². The molecule has 0 fully saturated rings. The molecule has 1 amide bonds. The van der Waals surface area contributed by atoms with E-state index >= 15 is 0 Å². The lowest BCUT2D eigenvalue weighted by atomic mass is 10.1. The Labute approximate surface area is 119 Å². The molecule has 0 radical (unpaired) electrons. The molecule has 0 aromatic carbocycles. The summed E-state index contributed by atoms with van der Waals surface area (Å²) in [6.45, 7) is 4.17. The summed E-state index contributed by atoms with van der Waals surface area (Å²) in [5, 5.41) is 20.4. The largest absolute Gasteiger partial charge is 0.289 e. The summed E-state index contributed by atoms with van der Waals surface area (Å²) in [5.41, 5.74) is 0.994. The van der Waals surface area contributed by atoms with Crippen LogP contribution in [0.5, 0.6) is 0 Å². The molecule has 3 aromatic heterocycles. The number of H-pyrrole nitrogens is 1. The molecule has 9 nitrogen and oxygen atoms in total. The second-order valence-corrected chi connectivity index (χ2v) is 5.06. The number of anilines is 1. The number of aromatic amines is 1. The van der Waals surface area contributed by atoms with Crippen LogP contribution in [0.15, 0.2) is 18.3 Å². The molecule has 3 aromatic rings. The summed E-state index contributed by atoms with van der Waals surface area (Å²) in [4.78, 5) is 16.3. The zero-order valence-electron chi connectivity index (χ0n) is 11.6. The van der Waals surface area contributed by atoms with Crippen LogP contribution in [-0.4, -0.2) is 41.1 Å². The first-order chi connectivity index (χ1) is 10.1. The number of tetrazole rings is 1. The molecule has 0 aliphatic heterocycles. The van der Waals surface area contributed by atoms with E-state index in [1.54, 1.807) is 18.3 Å². The number of carbonyl (C=O) groups is 1. The van der Waals surface area contributed by atoms with Crippen LogP contribution in [0.4, 0.5) is 5.95 Å². The van der Waals surface area contributed by atoms with E-state index in [4.69, 9.17) is 0 Å². The minimum absolute atomic E-state index is 0.257. The molecular weight excluding hydrogens is 272 g/mol. The van der Waals surface area contributed by atoms with Gasteiger partial charge in [-0.1, -0.05) is 13.8 Å². The van der Waals surface area contributed by atoms with Gasteiger partial charge in [0.15, 0.2) is 5.65 Å². The highest BCUT2D eigenvalue weighted by Gasteiger charge is 2.11. The fourth-order valence-electron chi connectivity index (χ4n) is 1.88. The van der Waals surface area contributed by atoms with Crippen LogP contribution >= 0.6 is 0 Å². The van der Waals surface area contributed by atoms with Crippen molar-refractivity contribution < 1.29 is 4.79 Å². The van der Waals surface area contributed by atoms with Crippen molar-refractivity contribution >= 4 is 17.5 Å². The van der Waals surface area contributed by atoms with Crippen LogP contribution in [0.25, 0.3) is 5.65 Å². The number of carbonyl (C=O) groups excluding carboxylic acids is 1. The quantitative estimate of drug-likeness (QED) is 0.729. The van der Waals surface area contributed by atoms with Crippen molar-refractivity contribution in [3.63, 3.8) is 0 Å². The Kier molecular flexibility index (Phi) is 3.30. The van der Waals surface area contributed by atoms with Gasteiger partial charge in [0.2, 0.25) is 5.95 Å². The predicted octanol–water partition coefficient (Wildman–Crippen LogP) is 0.693. The maximum Gasteiger partial charge on any atom is 0.259 e. The number of nitrogens with zero attached hydrogens (tertiary/aromatic N) is 6. The molecule has 3 rings (SSSR count). The third-order valence-corrected chi connectivity index (χ3v) is 2.81. The summed E-state index contributed by atoms with van der Waals surface area (Å²) in [6.07, 6.45) is 2.33. The lowest BCUT2D eigenvalue weighted by Gasteiger charge is -2.01. The van der Waals surface area contributed by atoms with Crippen molar-refractivity contribution in [2.24, 2.45) is 5.92 Å². The molecule has 0 spiro atoms. The molecule has 108 valence electrons. The first-order valence-electron chi connectivity index (χ1n) is 6.52. The summed E-state index contributed by atoms with van der Waals surface area (Å²) in [5.74, 6) is 1.15. The Morgan fingerprint density at radius 1 is 1.43 bits per heavy atom. The third kappa shape index (κ3) is 2.86. The Morgan fingerprint density at radius 2 is 2.29 bits per heavy atom. The Balaban J connectivity index is 1.74. The second kappa shape index (κ2) is 5.27. The number of hydrogen-bond acceptors (Lipinski definition) is 6. The van der Waals surface area contributed by atoms with E-state index in [0.29, 0.717) is 17.1 Å². The van der Waals surface area contributed by atoms with Crippen molar-refractivity contribution in [1.29, 1.82) is 0 Å². The summed E-state index contributed by atoms with van der Waals surface area (Å²) in [7, 11) is 0. The molecule has 2 N–H and O–H groups in total. The molecule has 0 saturated heterocycles. The molecule has 9 heteroatoms. The van der Waals surface area contributed by atoms with Crippen LogP contribution in [-0.2, 0) is 6.42 Å². The summed E-state index contributed by atoms with van der Waals surface area (Å²) < 4.78 is 1.43. The van der Waals surface area contributed by atoms with Crippen molar-refractivity contribution in [2.75, 3.05) is 5.32 Å². The predicted molar refractivity (Wildman–Crippen MR) is 73.7 cm³/mol. The first-order valence-corrected chi connectivity index (χ1v) is 6.52. The highest BCUT2D eigenvalue weighted by molar-refractivity contribution is 6.03. The third-order valence-electron chi connectivity index (χ3n) is 2.81. The van der Waals surface area contributed by atoms with Gasteiger partial charge in [0.1, 0.15) is 5.82 Å². The monoisotopic (exact) mass is 286 g/mol. The Hall–Kier alpha value is -2.84. The van der Waals surface area contributed by atoms with E-state index in [1.807, 2.05) is 0 Å². The van der Waals surface area contributed by atoms with E-state index in [-0.39, 0.29) is 11.9 Å². The van der Waals surface area contributed by atoms with Gasteiger partial charge in [-0.3, -0.25) is 15.2 Å². The fraction of sp³-hybridized carbons (Fsp3) is 0.333. The standard InChI is InChI=1S/C12H14N8O/c1-7(2)5-9-13-12(17-15-9)14-11(21)8-3-4-10-16-18-19-20(10)6-8/h3-4,6-7H,5H2,1-2H3,(H2,13,14,15,17,21). The van der Waals surface area contributed by atoms with Gasteiger partial charge >= 0.3 is 0 Å². The van der Waals surface area contributed by atoms with E-state index in [0.717, 1.165) is 12.2 Å². The van der Waals surface area contributed by atoms with Gasteiger partial charge in [-0.15, -0.1) is 10.2 Å². The first kappa shape index (κ1) is 13.2. The molecule has 0 bridgehead atoms. The zero-order valence-corrected chi connectivity index (χ0v) is 11.6. The van der Waals surface area contributed by atoms with Gasteiger partial charge in [0, 0.05) is 12.6 Å². The number of hydrogen-bond donors (Lipinski definition) is 2. The van der Waals surface area contributed by atoms with Crippen LogP contribution in [0.2, 0.25) is 0 Å². The minimum atomic E-state index is -0.317. The number of nitrogens with one attached hydrogen (secondary N) is 2. The zero-order chi connectivity index (χ0) is 14.8. The average Bonchev–Trinajstić information content (AvgIpc) is 3.06. The maximum absolute atomic E-state index is 12.1. The summed E-state index contributed by atoms with van der Waals surface area (Å²) in [6, 6.07) is 3.31. The molecule has 0 atom stereocenters. The van der Waals surface area contributed by atoms with E-state index in [2.05, 4.69) is 49.9 Å². The van der Waals surface area contributed by atoms with Gasteiger partial charge in [-0.05, 0) is 28.5 Å². The SMILES string of the molecule is CC(C)Cc1nc(NC(=O)c2ccc3nnnn3c2)n[nH]1. The van der Waals surface area contributed by atoms with Crippen molar-refractivity contribution in [1.82, 2.24) is 35.2 Å². The van der Waals surface area contributed by atoms with Crippen molar-refractivity contribution in [2.45, 2.75) is 20.3 Å². The highest BCUT2D eigenvalue weighted by Crippen LogP contribution is 2.08. The summed E-state index contributed by atoms with van der Waals surface area (Å²) >= 11 is 0. The molecular formula is C12H14N8O. The van der Waals surface area contributed by atoms with E-state index in [9.17, 15) is 4.79 Å². The van der Waals surface area contributed by atoms with Gasteiger partial charge in [-0.25, -0.2) is 0 Å². The second-order valence-electron chi connectivity index (χ2n) is 5.06. The molecule has 0 aliphatic carbocycles. The van der Waals surface area contributed by atoms with Crippen LogP contribution in [0.3, 0.4) is 0 Å². The molecule has 3 heterocycles. The number of pyridine rings is 1.